The fourth-order valence-corrected chi connectivity index (χ4v) is 1.75. The summed E-state index contributed by atoms with van der Waals surface area (Å²) in [4.78, 5) is 0.233. The molecule has 80 valence electrons. The molecule has 15 heavy (non-hydrogen) atoms. The van der Waals surface area contributed by atoms with Crippen LogP contribution in [0.25, 0.3) is 0 Å². The number of benzene rings is 1. The van der Waals surface area contributed by atoms with Crippen molar-refractivity contribution in [1.82, 2.24) is 4.72 Å². The minimum absolute atomic E-state index is 0.233. The van der Waals surface area contributed by atoms with Crippen molar-refractivity contribution in [3.8, 4) is 12.3 Å². The summed E-state index contributed by atoms with van der Waals surface area (Å²) in [5, 5.41) is 2.94. The largest absolute Gasteiger partial charge is 0.374 e. The van der Waals surface area contributed by atoms with Crippen LogP contribution in [0.2, 0.25) is 0 Å². The van der Waals surface area contributed by atoms with E-state index in [0.717, 1.165) is 5.69 Å². The highest BCUT2D eigenvalue weighted by molar-refractivity contribution is 7.89. The molecule has 1 aromatic carbocycles. The van der Waals surface area contributed by atoms with Crippen molar-refractivity contribution in [2.75, 3.05) is 18.9 Å². The summed E-state index contributed by atoms with van der Waals surface area (Å²) in [6.45, 7) is 0.415. The van der Waals surface area contributed by atoms with Gasteiger partial charge in [-0.25, -0.2) is 13.1 Å². The lowest BCUT2D eigenvalue weighted by Crippen LogP contribution is -2.18. The predicted molar refractivity (Wildman–Crippen MR) is 60.0 cm³/mol. The van der Waals surface area contributed by atoms with E-state index in [-0.39, 0.29) is 4.90 Å². The fraction of sp³-hybridized carbons (Fsp3) is 0.200. The Morgan fingerprint density at radius 3 is 2.40 bits per heavy atom. The number of terminal acetylenes is 1. The topological polar surface area (TPSA) is 58.2 Å². The first-order valence-corrected chi connectivity index (χ1v) is 5.79. The highest BCUT2D eigenvalue weighted by atomic mass is 32.2. The Balaban J connectivity index is 2.87. The molecule has 0 saturated carbocycles. The van der Waals surface area contributed by atoms with E-state index in [2.05, 4.69) is 16.0 Å². The molecule has 0 aromatic heterocycles. The summed E-state index contributed by atoms with van der Waals surface area (Å²) in [5.41, 5.74) is 0.794. The highest BCUT2D eigenvalue weighted by Crippen LogP contribution is 2.13. The SMILES string of the molecule is C#CCNc1ccc(S(=O)(=O)NC)cc1. The average Bonchev–Trinajstić information content (AvgIpc) is 2.27. The molecule has 5 heteroatoms. The Hall–Kier alpha value is -1.51. The lowest BCUT2D eigenvalue weighted by molar-refractivity contribution is 0.588. The van der Waals surface area contributed by atoms with Crippen LogP contribution in [0.1, 0.15) is 0 Å². The summed E-state index contributed by atoms with van der Waals surface area (Å²) in [6.07, 6.45) is 5.08. The zero-order chi connectivity index (χ0) is 11.3. The van der Waals surface area contributed by atoms with Gasteiger partial charge in [0.25, 0.3) is 0 Å². The summed E-state index contributed by atoms with van der Waals surface area (Å²) in [7, 11) is -1.98. The lowest BCUT2D eigenvalue weighted by atomic mass is 10.3. The molecule has 0 spiro atoms. The standard InChI is InChI=1S/C10H12N2O2S/c1-3-8-12-9-4-6-10(7-5-9)15(13,14)11-2/h1,4-7,11-12H,8H2,2H3. The van der Waals surface area contributed by atoms with Gasteiger partial charge in [-0.2, -0.15) is 0 Å². The fourth-order valence-electron chi connectivity index (χ4n) is 1.02. The molecular formula is C10H12N2O2S. The minimum atomic E-state index is -3.35. The van der Waals surface area contributed by atoms with Crippen LogP contribution in [0.5, 0.6) is 0 Å². The van der Waals surface area contributed by atoms with Gasteiger partial charge in [0.1, 0.15) is 0 Å². The van der Waals surface area contributed by atoms with E-state index in [0.29, 0.717) is 6.54 Å². The maximum Gasteiger partial charge on any atom is 0.240 e. The number of sulfonamides is 1. The molecule has 0 saturated heterocycles. The molecule has 0 heterocycles. The van der Waals surface area contributed by atoms with Gasteiger partial charge in [0.05, 0.1) is 11.4 Å². The molecule has 0 atom stereocenters. The van der Waals surface area contributed by atoms with Gasteiger partial charge in [0.2, 0.25) is 10.0 Å². The van der Waals surface area contributed by atoms with Crippen molar-refractivity contribution in [2.24, 2.45) is 0 Å². The van der Waals surface area contributed by atoms with Gasteiger partial charge in [-0.05, 0) is 31.3 Å². The zero-order valence-corrected chi connectivity index (χ0v) is 9.14. The molecule has 1 rings (SSSR count). The molecule has 2 N–H and O–H groups in total. The summed E-state index contributed by atoms with van der Waals surface area (Å²) in [6, 6.07) is 6.37. The molecule has 1 aromatic rings. The monoisotopic (exact) mass is 224 g/mol. The quantitative estimate of drug-likeness (QED) is 0.738. The van der Waals surface area contributed by atoms with E-state index in [9.17, 15) is 8.42 Å². The molecular weight excluding hydrogens is 212 g/mol. The van der Waals surface area contributed by atoms with Crippen molar-refractivity contribution < 1.29 is 8.42 Å². The first-order valence-electron chi connectivity index (χ1n) is 4.31. The number of hydrogen-bond acceptors (Lipinski definition) is 3. The van der Waals surface area contributed by atoms with E-state index in [1.165, 1.54) is 19.2 Å². The van der Waals surface area contributed by atoms with Gasteiger partial charge in [0.15, 0.2) is 0 Å². The number of nitrogens with one attached hydrogen (secondary N) is 2. The third kappa shape index (κ3) is 2.98. The van der Waals surface area contributed by atoms with Gasteiger partial charge < -0.3 is 5.32 Å². The summed E-state index contributed by atoms with van der Waals surface area (Å²) in [5.74, 6) is 2.43. The van der Waals surface area contributed by atoms with Gasteiger partial charge in [0, 0.05) is 5.69 Å². The Morgan fingerprint density at radius 2 is 1.93 bits per heavy atom. The predicted octanol–water partition coefficient (Wildman–Crippen LogP) is 0.640. The van der Waals surface area contributed by atoms with Crippen LogP contribution in [-0.2, 0) is 10.0 Å². The average molecular weight is 224 g/mol. The van der Waals surface area contributed by atoms with Gasteiger partial charge in [-0.15, -0.1) is 6.42 Å². The molecule has 0 aliphatic heterocycles. The van der Waals surface area contributed by atoms with Crippen LogP contribution >= 0.6 is 0 Å². The van der Waals surface area contributed by atoms with E-state index >= 15 is 0 Å². The first-order chi connectivity index (χ1) is 7.10. The second kappa shape index (κ2) is 4.82. The lowest BCUT2D eigenvalue weighted by Gasteiger charge is -2.05. The van der Waals surface area contributed by atoms with Crippen LogP contribution < -0.4 is 10.0 Å². The smallest absolute Gasteiger partial charge is 0.240 e. The maximum atomic E-state index is 11.4. The van der Waals surface area contributed by atoms with Crippen LogP contribution in [0.3, 0.4) is 0 Å². The van der Waals surface area contributed by atoms with Crippen molar-refractivity contribution in [1.29, 1.82) is 0 Å². The Morgan fingerprint density at radius 1 is 1.33 bits per heavy atom. The first kappa shape index (κ1) is 11.6. The van der Waals surface area contributed by atoms with E-state index < -0.39 is 10.0 Å². The molecule has 0 aliphatic carbocycles. The number of hydrogen-bond donors (Lipinski definition) is 2. The van der Waals surface area contributed by atoms with Crippen LogP contribution in [0.4, 0.5) is 5.69 Å². The molecule has 0 unspecified atom stereocenters. The second-order valence-electron chi connectivity index (χ2n) is 2.79. The van der Waals surface area contributed by atoms with E-state index in [4.69, 9.17) is 6.42 Å². The molecule has 0 radical (unpaired) electrons. The van der Waals surface area contributed by atoms with Crippen LogP contribution in [0.15, 0.2) is 29.2 Å². The van der Waals surface area contributed by atoms with Crippen LogP contribution in [-0.4, -0.2) is 22.0 Å². The molecule has 0 amide bonds. The molecule has 0 aliphatic rings. The van der Waals surface area contributed by atoms with Gasteiger partial charge in [-0.3, -0.25) is 0 Å². The molecule has 0 fully saturated rings. The second-order valence-corrected chi connectivity index (χ2v) is 4.68. The normalized spacial score (nSPS) is 10.7. The van der Waals surface area contributed by atoms with Gasteiger partial charge in [-0.1, -0.05) is 5.92 Å². The minimum Gasteiger partial charge on any atom is -0.374 e. The molecule has 4 nitrogen and oxygen atoms in total. The number of rotatable bonds is 4. The Kier molecular flexibility index (Phi) is 3.72. The van der Waals surface area contributed by atoms with Crippen molar-refractivity contribution in [3.05, 3.63) is 24.3 Å². The Bertz CT molecular complexity index is 457. The third-order valence-electron chi connectivity index (χ3n) is 1.83. The van der Waals surface area contributed by atoms with E-state index in [1.807, 2.05) is 0 Å². The molecule has 0 bridgehead atoms. The van der Waals surface area contributed by atoms with Crippen molar-refractivity contribution >= 4 is 15.7 Å². The van der Waals surface area contributed by atoms with Crippen molar-refractivity contribution in [2.45, 2.75) is 4.90 Å². The van der Waals surface area contributed by atoms with Crippen LogP contribution in [0, 0.1) is 12.3 Å². The number of anilines is 1. The highest BCUT2D eigenvalue weighted by Gasteiger charge is 2.09. The van der Waals surface area contributed by atoms with Crippen molar-refractivity contribution in [3.63, 3.8) is 0 Å². The Labute approximate surface area is 89.8 Å². The third-order valence-corrected chi connectivity index (χ3v) is 3.26. The maximum absolute atomic E-state index is 11.4. The summed E-state index contributed by atoms with van der Waals surface area (Å²) >= 11 is 0. The van der Waals surface area contributed by atoms with E-state index in [1.54, 1.807) is 12.1 Å². The van der Waals surface area contributed by atoms with Gasteiger partial charge >= 0.3 is 0 Å². The zero-order valence-electron chi connectivity index (χ0n) is 8.32. The summed E-state index contributed by atoms with van der Waals surface area (Å²) < 4.78 is 25.0.